The molecule has 82 valence electrons. The highest BCUT2D eigenvalue weighted by molar-refractivity contribution is 5.70. The third-order valence-electron chi connectivity index (χ3n) is 3.99. The smallest absolute Gasteiger partial charge is 0.306 e. The highest BCUT2D eigenvalue weighted by Gasteiger charge is 2.53. The van der Waals surface area contributed by atoms with Crippen LogP contribution in [-0.4, -0.2) is 22.3 Å². The molecule has 1 aliphatic carbocycles. The lowest BCUT2D eigenvalue weighted by molar-refractivity contribution is -0.158. The van der Waals surface area contributed by atoms with E-state index >= 15 is 0 Å². The molecule has 1 fully saturated rings. The largest absolute Gasteiger partial charge is 0.481 e. The SMILES string of the molecule is CC(O)C1CC(C(C)C(=O)O)C1(C)C. The van der Waals surface area contributed by atoms with Gasteiger partial charge in [0.25, 0.3) is 0 Å². The van der Waals surface area contributed by atoms with Gasteiger partial charge in [-0.1, -0.05) is 20.8 Å². The lowest BCUT2D eigenvalue weighted by atomic mass is 9.50. The van der Waals surface area contributed by atoms with Gasteiger partial charge in [0, 0.05) is 0 Å². The van der Waals surface area contributed by atoms with Crippen molar-refractivity contribution in [2.75, 3.05) is 0 Å². The summed E-state index contributed by atoms with van der Waals surface area (Å²) in [6.07, 6.45) is 0.500. The first-order valence-corrected chi connectivity index (χ1v) is 5.19. The van der Waals surface area contributed by atoms with Gasteiger partial charge in [0.15, 0.2) is 0 Å². The van der Waals surface area contributed by atoms with Gasteiger partial charge in [-0.2, -0.15) is 0 Å². The molecule has 0 spiro atoms. The molecular weight excluding hydrogens is 180 g/mol. The first-order chi connectivity index (χ1) is 6.28. The maximum absolute atomic E-state index is 10.8. The Bertz CT molecular complexity index is 233. The monoisotopic (exact) mass is 200 g/mol. The Morgan fingerprint density at radius 1 is 1.36 bits per heavy atom. The van der Waals surface area contributed by atoms with Crippen molar-refractivity contribution in [1.29, 1.82) is 0 Å². The van der Waals surface area contributed by atoms with Gasteiger partial charge >= 0.3 is 5.97 Å². The molecule has 1 saturated carbocycles. The summed E-state index contributed by atoms with van der Waals surface area (Å²) < 4.78 is 0. The van der Waals surface area contributed by atoms with Crippen LogP contribution in [0.15, 0.2) is 0 Å². The van der Waals surface area contributed by atoms with E-state index in [0.29, 0.717) is 0 Å². The Balaban J connectivity index is 2.67. The molecule has 1 rings (SSSR count). The standard InChI is InChI=1S/C11H20O3/c1-6(10(13)14)8-5-9(7(2)12)11(8,3)4/h6-9,12H,5H2,1-4H3,(H,13,14). The molecule has 0 heterocycles. The fourth-order valence-electron chi connectivity index (χ4n) is 2.83. The van der Waals surface area contributed by atoms with Crippen molar-refractivity contribution >= 4 is 5.97 Å². The van der Waals surface area contributed by atoms with E-state index in [9.17, 15) is 9.90 Å². The maximum Gasteiger partial charge on any atom is 0.306 e. The Labute approximate surface area is 85.1 Å². The number of aliphatic carboxylic acids is 1. The fourth-order valence-corrected chi connectivity index (χ4v) is 2.83. The van der Waals surface area contributed by atoms with E-state index in [1.807, 2.05) is 0 Å². The molecule has 0 aromatic rings. The first kappa shape index (κ1) is 11.5. The number of hydrogen-bond acceptors (Lipinski definition) is 2. The summed E-state index contributed by atoms with van der Waals surface area (Å²) in [4.78, 5) is 10.8. The Morgan fingerprint density at radius 2 is 1.86 bits per heavy atom. The van der Waals surface area contributed by atoms with Gasteiger partial charge in [-0.15, -0.1) is 0 Å². The maximum atomic E-state index is 10.8. The summed E-state index contributed by atoms with van der Waals surface area (Å²) in [6, 6.07) is 0. The van der Waals surface area contributed by atoms with Crippen LogP contribution in [0.2, 0.25) is 0 Å². The van der Waals surface area contributed by atoms with Crippen LogP contribution in [0.1, 0.15) is 34.1 Å². The number of carbonyl (C=O) groups is 1. The number of carboxylic acids is 1. The van der Waals surface area contributed by atoms with Crippen molar-refractivity contribution in [1.82, 2.24) is 0 Å². The summed E-state index contributed by atoms with van der Waals surface area (Å²) >= 11 is 0. The molecule has 0 bridgehead atoms. The topological polar surface area (TPSA) is 57.5 Å². The van der Waals surface area contributed by atoms with Crippen LogP contribution in [0.3, 0.4) is 0 Å². The quantitative estimate of drug-likeness (QED) is 0.729. The van der Waals surface area contributed by atoms with Crippen molar-refractivity contribution in [3.63, 3.8) is 0 Å². The minimum Gasteiger partial charge on any atom is -0.481 e. The van der Waals surface area contributed by atoms with Gasteiger partial charge in [0.05, 0.1) is 12.0 Å². The van der Waals surface area contributed by atoms with Gasteiger partial charge in [0.1, 0.15) is 0 Å². The molecule has 0 aromatic heterocycles. The van der Waals surface area contributed by atoms with Crippen LogP contribution in [0.4, 0.5) is 0 Å². The van der Waals surface area contributed by atoms with Gasteiger partial charge < -0.3 is 10.2 Å². The van der Waals surface area contributed by atoms with Crippen molar-refractivity contribution in [2.45, 2.75) is 40.2 Å². The highest BCUT2D eigenvalue weighted by atomic mass is 16.4. The van der Waals surface area contributed by atoms with Gasteiger partial charge in [-0.25, -0.2) is 0 Å². The molecule has 0 aromatic carbocycles. The van der Waals surface area contributed by atoms with E-state index in [1.165, 1.54) is 0 Å². The van der Waals surface area contributed by atoms with Gasteiger partial charge in [0.2, 0.25) is 0 Å². The lowest BCUT2D eigenvalue weighted by Crippen LogP contribution is -2.53. The fraction of sp³-hybridized carbons (Fsp3) is 0.909. The molecule has 4 unspecified atom stereocenters. The van der Waals surface area contributed by atoms with E-state index in [-0.39, 0.29) is 29.3 Å². The number of rotatable bonds is 3. The van der Waals surface area contributed by atoms with Crippen molar-refractivity contribution < 1.29 is 15.0 Å². The summed E-state index contributed by atoms with van der Waals surface area (Å²) in [5.74, 6) is -0.596. The number of carboxylic acid groups (broad SMARTS) is 1. The normalized spacial score (nSPS) is 34.4. The lowest BCUT2D eigenvalue weighted by Gasteiger charge is -2.55. The van der Waals surface area contributed by atoms with Crippen molar-refractivity contribution in [3.8, 4) is 0 Å². The Hall–Kier alpha value is -0.570. The zero-order chi connectivity index (χ0) is 11.1. The van der Waals surface area contributed by atoms with E-state index in [1.54, 1.807) is 13.8 Å². The third kappa shape index (κ3) is 1.65. The first-order valence-electron chi connectivity index (χ1n) is 5.19. The molecule has 3 nitrogen and oxygen atoms in total. The van der Waals surface area contributed by atoms with Crippen LogP contribution >= 0.6 is 0 Å². The van der Waals surface area contributed by atoms with Gasteiger partial charge in [-0.05, 0) is 30.6 Å². The van der Waals surface area contributed by atoms with Crippen molar-refractivity contribution in [2.24, 2.45) is 23.2 Å². The van der Waals surface area contributed by atoms with E-state index in [2.05, 4.69) is 13.8 Å². The predicted molar refractivity (Wildman–Crippen MR) is 53.9 cm³/mol. The number of aliphatic hydroxyl groups is 1. The van der Waals surface area contributed by atoms with Crippen LogP contribution in [0.5, 0.6) is 0 Å². The average Bonchev–Trinajstić information content (AvgIpc) is 2.01. The van der Waals surface area contributed by atoms with Crippen molar-refractivity contribution in [3.05, 3.63) is 0 Å². The summed E-state index contributed by atoms with van der Waals surface area (Å²) in [5.41, 5.74) is -0.0496. The molecule has 3 heteroatoms. The van der Waals surface area contributed by atoms with E-state index in [0.717, 1.165) is 6.42 Å². The molecule has 1 aliphatic rings. The van der Waals surface area contributed by atoms with Crippen LogP contribution in [0.25, 0.3) is 0 Å². The zero-order valence-corrected chi connectivity index (χ0v) is 9.32. The third-order valence-corrected chi connectivity index (χ3v) is 3.99. The molecule has 0 amide bonds. The molecular formula is C11H20O3. The second-order valence-corrected chi connectivity index (χ2v) is 5.14. The van der Waals surface area contributed by atoms with Crippen LogP contribution in [-0.2, 0) is 4.79 Å². The average molecular weight is 200 g/mol. The minimum absolute atomic E-state index is 0.0496. The molecule has 0 radical (unpaired) electrons. The summed E-state index contributed by atoms with van der Waals surface area (Å²) in [5, 5.41) is 18.4. The second kappa shape index (κ2) is 3.54. The molecule has 14 heavy (non-hydrogen) atoms. The summed E-state index contributed by atoms with van der Waals surface area (Å²) in [6.45, 7) is 7.65. The van der Waals surface area contributed by atoms with Crippen LogP contribution in [0, 0.1) is 23.2 Å². The Morgan fingerprint density at radius 3 is 2.14 bits per heavy atom. The molecule has 4 atom stereocenters. The summed E-state index contributed by atoms with van der Waals surface area (Å²) in [7, 11) is 0. The van der Waals surface area contributed by atoms with Crippen LogP contribution < -0.4 is 0 Å². The van der Waals surface area contributed by atoms with Gasteiger partial charge in [-0.3, -0.25) is 4.79 Å². The molecule has 0 aliphatic heterocycles. The van der Waals surface area contributed by atoms with E-state index in [4.69, 9.17) is 5.11 Å². The van der Waals surface area contributed by atoms with E-state index < -0.39 is 5.97 Å². The minimum atomic E-state index is -0.730. The predicted octanol–water partition coefficient (Wildman–Crippen LogP) is 1.75. The number of aliphatic hydroxyl groups excluding tert-OH is 1. The Kier molecular flexibility index (Phi) is 2.91. The second-order valence-electron chi connectivity index (χ2n) is 5.14. The molecule has 0 saturated heterocycles. The highest BCUT2D eigenvalue weighted by Crippen LogP contribution is 2.55. The molecule has 2 N–H and O–H groups in total. The zero-order valence-electron chi connectivity index (χ0n) is 9.32. The number of hydrogen-bond donors (Lipinski definition) is 2.